The van der Waals surface area contributed by atoms with Gasteiger partial charge in [-0.15, -0.1) is 15.0 Å². The lowest BCUT2D eigenvalue weighted by Gasteiger charge is -2.25. The highest BCUT2D eigenvalue weighted by Crippen LogP contribution is 2.31. The number of nitrogens with one attached hydrogen (secondary N) is 2. The molecule has 1 fully saturated rings. The van der Waals surface area contributed by atoms with Gasteiger partial charge >= 0.3 is 0 Å². The van der Waals surface area contributed by atoms with Gasteiger partial charge in [-0.1, -0.05) is 19.3 Å². The quantitative estimate of drug-likeness (QED) is 0.623. The van der Waals surface area contributed by atoms with Crippen molar-refractivity contribution in [3.63, 3.8) is 0 Å². The van der Waals surface area contributed by atoms with E-state index in [0.717, 1.165) is 31.4 Å². The number of halogens is 1. The van der Waals surface area contributed by atoms with E-state index in [2.05, 4.69) is 25.4 Å². The Bertz CT molecular complexity index is 1120. The van der Waals surface area contributed by atoms with Crippen LogP contribution in [0, 0.1) is 5.82 Å². The van der Waals surface area contributed by atoms with E-state index in [4.69, 9.17) is 0 Å². The van der Waals surface area contributed by atoms with Crippen LogP contribution in [0.4, 0.5) is 10.1 Å². The molecule has 1 aliphatic carbocycles. The molecule has 0 atom stereocenters. The highest BCUT2D eigenvalue weighted by atomic mass is 32.2. The fraction of sp³-hybridized carbons (Fsp3) is 0.350. The van der Waals surface area contributed by atoms with E-state index in [9.17, 15) is 12.8 Å². The van der Waals surface area contributed by atoms with Gasteiger partial charge in [-0.05, 0) is 67.6 Å². The molecular weight excluding hydrogens is 407 g/mol. The predicted molar refractivity (Wildman–Crippen MR) is 111 cm³/mol. The summed E-state index contributed by atoms with van der Waals surface area (Å²) in [6.07, 6.45) is 5.69. The summed E-state index contributed by atoms with van der Waals surface area (Å²) in [4.78, 5) is 1.41. The number of anilines is 1. The van der Waals surface area contributed by atoms with Gasteiger partial charge in [-0.2, -0.15) is 0 Å². The maximum absolute atomic E-state index is 13.2. The van der Waals surface area contributed by atoms with Crippen LogP contribution >= 0.6 is 0 Å². The van der Waals surface area contributed by atoms with Gasteiger partial charge in [0.05, 0.1) is 10.6 Å². The van der Waals surface area contributed by atoms with Crippen LogP contribution in [0.3, 0.4) is 0 Å². The van der Waals surface area contributed by atoms with Crippen LogP contribution in [0.15, 0.2) is 47.4 Å². The molecule has 2 aromatic carbocycles. The Labute approximate surface area is 174 Å². The van der Waals surface area contributed by atoms with Crippen molar-refractivity contribution in [2.75, 3.05) is 12.4 Å². The van der Waals surface area contributed by atoms with Gasteiger partial charge in [0.2, 0.25) is 15.8 Å². The number of benzene rings is 2. The lowest BCUT2D eigenvalue weighted by molar-refractivity contribution is 0.463. The highest BCUT2D eigenvalue weighted by molar-refractivity contribution is 7.89. The average molecular weight is 431 g/mol. The second-order valence-corrected chi connectivity index (χ2v) is 9.16. The molecule has 1 heterocycles. The summed E-state index contributed by atoms with van der Waals surface area (Å²) in [6.45, 7) is 0. The molecule has 0 amide bonds. The molecule has 10 heteroatoms. The van der Waals surface area contributed by atoms with E-state index in [0.29, 0.717) is 17.3 Å². The van der Waals surface area contributed by atoms with E-state index in [1.165, 1.54) is 30.4 Å². The molecule has 158 valence electrons. The lowest BCUT2D eigenvalue weighted by Crippen LogP contribution is -2.23. The van der Waals surface area contributed by atoms with Crippen LogP contribution in [-0.2, 0) is 10.0 Å². The minimum atomic E-state index is -3.63. The van der Waals surface area contributed by atoms with Crippen LogP contribution in [0.1, 0.15) is 32.1 Å². The maximum Gasteiger partial charge on any atom is 0.240 e. The molecule has 0 bridgehead atoms. The van der Waals surface area contributed by atoms with Gasteiger partial charge in [-0.3, -0.25) is 0 Å². The zero-order valence-electron chi connectivity index (χ0n) is 16.5. The van der Waals surface area contributed by atoms with Crippen molar-refractivity contribution in [1.29, 1.82) is 0 Å². The molecule has 0 aliphatic heterocycles. The number of nitrogens with zero attached hydrogens (tertiary/aromatic N) is 4. The lowest BCUT2D eigenvalue weighted by atomic mass is 9.95. The SMILES string of the molecule is CNS(=O)(=O)c1ccc(NC2CCCCC2)c(-c2nnn(-c3ccc(F)cc3)n2)c1. The predicted octanol–water partition coefficient (Wildman–Crippen LogP) is 3.12. The third-order valence-corrected chi connectivity index (χ3v) is 6.66. The number of sulfonamides is 1. The second-order valence-electron chi connectivity index (χ2n) is 7.27. The summed E-state index contributed by atoms with van der Waals surface area (Å²) in [5.74, 6) is -0.0752. The summed E-state index contributed by atoms with van der Waals surface area (Å²) in [6, 6.07) is 10.9. The van der Waals surface area contributed by atoms with Crippen LogP contribution in [-0.4, -0.2) is 41.7 Å². The summed E-state index contributed by atoms with van der Waals surface area (Å²) in [7, 11) is -2.26. The number of tetrazole rings is 1. The fourth-order valence-corrected chi connectivity index (χ4v) is 4.35. The van der Waals surface area contributed by atoms with E-state index in [-0.39, 0.29) is 16.5 Å². The number of hydrogen-bond donors (Lipinski definition) is 2. The molecular formula is C20H23FN6O2S. The molecule has 0 saturated heterocycles. The van der Waals surface area contributed by atoms with Crippen LogP contribution in [0.5, 0.6) is 0 Å². The topological polar surface area (TPSA) is 102 Å². The zero-order chi connectivity index (χ0) is 21.1. The Morgan fingerprint density at radius 3 is 2.50 bits per heavy atom. The highest BCUT2D eigenvalue weighted by Gasteiger charge is 2.21. The van der Waals surface area contributed by atoms with Crippen molar-refractivity contribution in [3.05, 3.63) is 48.3 Å². The van der Waals surface area contributed by atoms with Crippen molar-refractivity contribution >= 4 is 15.7 Å². The van der Waals surface area contributed by atoms with Gasteiger partial charge in [-0.25, -0.2) is 17.5 Å². The standard InChI is InChI=1S/C20H23FN6O2S/c1-22-30(28,29)17-11-12-19(23-15-5-3-2-4-6-15)18(13-17)20-24-26-27(25-20)16-9-7-14(21)8-10-16/h7-13,15,22-23H,2-6H2,1H3. The van der Waals surface area contributed by atoms with Gasteiger partial charge in [0.1, 0.15) is 5.82 Å². The Balaban J connectivity index is 1.73. The van der Waals surface area contributed by atoms with E-state index < -0.39 is 10.0 Å². The van der Waals surface area contributed by atoms with Crippen molar-refractivity contribution in [1.82, 2.24) is 24.9 Å². The first-order valence-corrected chi connectivity index (χ1v) is 11.3. The van der Waals surface area contributed by atoms with Crippen molar-refractivity contribution in [2.45, 2.75) is 43.0 Å². The minimum Gasteiger partial charge on any atom is -0.382 e. The molecule has 1 aromatic heterocycles. The van der Waals surface area contributed by atoms with Crippen LogP contribution < -0.4 is 10.0 Å². The molecule has 1 saturated carbocycles. The Morgan fingerprint density at radius 1 is 1.07 bits per heavy atom. The molecule has 3 aromatic rings. The van der Waals surface area contributed by atoms with Crippen molar-refractivity contribution < 1.29 is 12.8 Å². The average Bonchev–Trinajstić information content (AvgIpc) is 3.25. The van der Waals surface area contributed by atoms with E-state index in [1.54, 1.807) is 30.3 Å². The Hall–Kier alpha value is -2.85. The van der Waals surface area contributed by atoms with Crippen LogP contribution in [0.2, 0.25) is 0 Å². The van der Waals surface area contributed by atoms with E-state index >= 15 is 0 Å². The number of aromatic nitrogens is 4. The molecule has 1 aliphatic rings. The third kappa shape index (κ3) is 4.34. The summed E-state index contributed by atoms with van der Waals surface area (Å²) in [5, 5.41) is 16.1. The first kappa shape index (κ1) is 20.4. The summed E-state index contributed by atoms with van der Waals surface area (Å²) >= 11 is 0. The second kappa shape index (κ2) is 8.49. The molecule has 0 unspecified atom stereocenters. The monoisotopic (exact) mass is 430 g/mol. The van der Waals surface area contributed by atoms with Gasteiger partial charge in [0.25, 0.3) is 0 Å². The molecule has 0 radical (unpaired) electrons. The summed E-state index contributed by atoms with van der Waals surface area (Å²) < 4.78 is 40.2. The zero-order valence-corrected chi connectivity index (χ0v) is 17.4. The summed E-state index contributed by atoms with van der Waals surface area (Å²) in [5.41, 5.74) is 1.86. The molecule has 2 N–H and O–H groups in total. The first-order chi connectivity index (χ1) is 14.5. The van der Waals surface area contributed by atoms with Crippen molar-refractivity contribution in [3.8, 4) is 17.1 Å². The Kier molecular flexibility index (Phi) is 5.78. The van der Waals surface area contributed by atoms with Gasteiger partial charge in [0.15, 0.2) is 0 Å². The molecule has 8 nitrogen and oxygen atoms in total. The first-order valence-electron chi connectivity index (χ1n) is 9.87. The number of hydrogen-bond acceptors (Lipinski definition) is 6. The fourth-order valence-electron chi connectivity index (χ4n) is 3.59. The maximum atomic E-state index is 13.2. The van der Waals surface area contributed by atoms with Crippen LogP contribution in [0.25, 0.3) is 17.1 Å². The minimum absolute atomic E-state index is 0.118. The van der Waals surface area contributed by atoms with Gasteiger partial charge in [0, 0.05) is 17.3 Å². The normalized spacial score (nSPS) is 15.3. The molecule has 4 rings (SSSR count). The van der Waals surface area contributed by atoms with E-state index in [1.807, 2.05) is 0 Å². The largest absolute Gasteiger partial charge is 0.382 e. The Morgan fingerprint density at radius 2 is 1.80 bits per heavy atom. The van der Waals surface area contributed by atoms with Gasteiger partial charge < -0.3 is 5.32 Å². The smallest absolute Gasteiger partial charge is 0.240 e. The molecule has 0 spiro atoms. The number of rotatable bonds is 6. The van der Waals surface area contributed by atoms with Crippen molar-refractivity contribution in [2.24, 2.45) is 0 Å². The molecule has 30 heavy (non-hydrogen) atoms. The third-order valence-electron chi connectivity index (χ3n) is 5.25.